The van der Waals surface area contributed by atoms with E-state index in [2.05, 4.69) is 20.6 Å². The summed E-state index contributed by atoms with van der Waals surface area (Å²) in [4.78, 5) is 8.83. The lowest BCUT2D eigenvalue weighted by atomic mass is 10.1. The number of nitrogens with one attached hydrogen (secondary N) is 2. The Hall–Kier alpha value is -2.70. The van der Waals surface area contributed by atoms with Crippen molar-refractivity contribution in [1.29, 1.82) is 0 Å². The lowest BCUT2D eigenvalue weighted by molar-refractivity contribution is 0.474. The first-order chi connectivity index (χ1) is 12.8. The SMILES string of the molecule is Cl.Cl.Oc1cc(C2=NCCN2)ccc1-c1cc2ccc(C3=NCCN3)cc2o1. The Morgan fingerprint density at radius 1 is 0.821 bits per heavy atom. The Morgan fingerprint density at radius 2 is 1.46 bits per heavy atom. The van der Waals surface area contributed by atoms with Gasteiger partial charge < -0.3 is 20.2 Å². The first kappa shape index (κ1) is 20.0. The second kappa shape index (κ2) is 8.12. The highest BCUT2D eigenvalue weighted by molar-refractivity contribution is 6.03. The zero-order valence-electron chi connectivity index (χ0n) is 14.9. The van der Waals surface area contributed by atoms with Gasteiger partial charge in [-0.3, -0.25) is 9.98 Å². The summed E-state index contributed by atoms with van der Waals surface area (Å²) in [6.45, 7) is 3.28. The number of aromatic hydroxyl groups is 1. The van der Waals surface area contributed by atoms with Gasteiger partial charge in [-0.2, -0.15) is 0 Å². The van der Waals surface area contributed by atoms with Crippen LogP contribution in [0.25, 0.3) is 22.3 Å². The summed E-state index contributed by atoms with van der Waals surface area (Å²) in [7, 11) is 0. The standard InChI is InChI=1S/C20H18N4O2.2ClH/c25-16-9-13(19-21-5-6-22-19)3-4-15(16)18-10-12-1-2-14(11-17(12)26-18)20-23-7-8-24-20;;/h1-4,9-11,25H,5-8H2,(H,21,22)(H,23,24);2*1H. The third kappa shape index (κ3) is 3.53. The molecule has 0 saturated carbocycles. The molecule has 28 heavy (non-hydrogen) atoms. The van der Waals surface area contributed by atoms with E-state index in [0.29, 0.717) is 11.3 Å². The highest BCUT2D eigenvalue weighted by Gasteiger charge is 2.15. The molecule has 0 radical (unpaired) electrons. The molecule has 1 aromatic heterocycles. The van der Waals surface area contributed by atoms with Crippen molar-refractivity contribution < 1.29 is 9.52 Å². The van der Waals surface area contributed by atoms with Gasteiger partial charge in [-0.05, 0) is 24.3 Å². The molecule has 0 bridgehead atoms. The Bertz CT molecular complexity index is 1080. The second-order valence-electron chi connectivity index (χ2n) is 6.41. The van der Waals surface area contributed by atoms with Gasteiger partial charge in [-0.25, -0.2) is 0 Å². The number of phenolic OH excluding ortho intramolecular Hbond substituents is 1. The van der Waals surface area contributed by atoms with E-state index in [1.165, 1.54) is 0 Å². The first-order valence-corrected chi connectivity index (χ1v) is 8.72. The van der Waals surface area contributed by atoms with E-state index in [1.54, 1.807) is 6.07 Å². The summed E-state index contributed by atoms with van der Waals surface area (Å²) in [5.41, 5.74) is 3.34. The van der Waals surface area contributed by atoms with Crippen LogP contribution >= 0.6 is 24.8 Å². The predicted molar refractivity (Wildman–Crippen MR) is 117 cm³/mol. The van der Waals surface area contributed by atoms with E-state index in [9.17, 15) is 5.11 Å². The van der Waals surface area contributed by atoms with Crippen molar-refractivity contribution >= 4 is 47.5 Å². The summed E-state index contributed by atoms with van der Waals surface area (Å²) in [5.74, 6) is 2.55. The van der Waals surface area contributed by atoms with Gasteiger partial charge in [-0.1, -0.05) is 18.2 Å². The maximum absolute atomic E-state index is 10.5. The molecule has 0 amide bonds. The number of hydrogen-bond donors (Lipinski definition) is 3. The van der Waals surface area contributed by atoms with Gasteiger partial charge in [0.25, 0.3) is 0 Å². The maximum Gasteiger partial charge on any atom is 0.139 e. The second-order valence-corrected chi connectivity index (χ2v) is 6.41. The summed E-state index contributed by atoms with van der Waals surface area (Å²) >= 11 is 0. The molecule has 0 fully saturated rings. The monoisotopic (exact) mass is 418 g/mol. The van der Waals surface area contributed by atoms with Crippen molar-refractivity contribution in [2.24, 2.45) is 9.98 Å². The molecule has 6 nitrogen and oxygen atoms in total. The molecule has 0 saturated heterocycles. The van der Waals surface area contributed by atoms with E-state index in [1.807, 2.05) is 36.4 Å². The molecule has 2 aromatic carbocycles. The van der Waals surface area contributed by atoms with Crippen LogP contribution in [0.2, 0.25) is 0 Å². The van der Waals surface area contributed by atoms with Crippen LogP contribution in [0, 0.1) is 0 Å². The summed E-state index contributed by atoms with van der Waals surface area (Å²) in [6.07, 6.45) is 0. The molecule has 0 spiro atoms. The van der Waals surface area contributed by atoms with Gasteiger partial charge in [0.2, 0.25) is 0 Å². The normalized spacial score (nSPS) is 15.1. The van der Waals surface area contributed by atoms with Crippen LogP contribution in [0.4, 0.5) is 0 Å². The number of fused-ring (bicyclic) bond motifs is 1. The van der Waals surface area contributed by atoms with Crippen molar-refractivity contribution in [3.05, 3.63) is 53.6 Å². The van der Waals surface area contributed by atoms with Gasteiger partial charge in [0, 0.05) is 29.6 Å². The lowest BCUT2D eigenvalue weighted by Crippen LogP contribution is -2.19. The number of rotatable bonds is 3. The van der Waals surface area contributed by atoms with Crippen molar-refractivity contribution in [2.75, 3.05) is 26.2 Å². The van der Waals surface area contributed by atoms with Crippen molar-refractivity contribution in [1.82, 2.24) is 10.6 Å². The smallest absolute Gasteiger partial charge is 0.139 e. The topological polar surface area (TPSA) is 82.2 Å². The van der Waals surface area contributed by atoms with Crippen LogP contribution in [0.5, 0.6) is 5.75 Å². The van der Waals surface area contributed by atoms with Gasteiger partial charge in [0.05, 0.1) is 18.7 Å². The Kier molecular flexibility index (Phi) is 5.82. The van der Waals surface area contributed by atoms with Crippen LogP contribution in [-0.2, 0) is 0 Å². The quantitative estimate of drug-likeness (QED) is 0.608. The number of halogens is 2. The first-order valence-electron chi connectivity index (χ1n) is 8.72. The zero-order valence-corrected chi connectivity index (χ0v) is 16.6. The predicted octanol–water partition coefficient (Wildman–Crippen LogP) is 3.35. The van der Waals surface area contributed by atoms with Gasteiger partial charge >= 0.3 is 0 Å². The fourth-order valence-electron chi connectivity index (χ4n) is 3.38. The zero-order chi connectivity index (χ0) is 17.5. The number of phenols is 1. The number of aliphatic imine (C=N–C) groups is 2. The van der Waals surface area contributed by atoms with Crippen molar-refractivity contribution in [2.45, 2.75) is 0 Å². The molecule has 8 heteroatoms. The van der Waals surface area contributed by atoms with Gasteiger partial charge in [-0.15, -0.1) is 24.8 Å². The molecule has 5 rings (SSSR count). The molecule has 3 aromatic rings. The molecule has 146 valence electrons. The number of hydrogen-bond acceptors (Lipinski definition) is 6. The van der Waals surface area contributed by atoms with Crippen LogP contribution in [-0.4, -0.2) is 43.0 Å². The van der Waals surface area contributed by atoms with E-state index >= 15 is 0 Å². The molecule has 0 atom stereocenters. The minimum absolute atomic E-state index is 0. The summed E-state index contributed by atoms with van der Waals surface area (Å²) in [5, 5.41) is 18.0. The molecule has 3 heterocycles. The molecule has 0 unspecified atom stereocenters. The van der Waals surface area contributed by atoms with Crippen molar-refractivity contribution in [3.63, 3.8) is 0 Å². The number of furan rings is 1. The maximum atomic E-state index is 10.5. The Balaban J connectivity index is 0.00000112. The number of amidine groups is 2. The molecule has 2 aliphatic rings. The van der Waals surface area contributed by atoms with Crippen LogP contribution < -0.4 is 10.6 Å². The minimum Gasteiger partial charge on any atom is -0.507 e. The summed E-state index contributed by atoms with van der Waals surface area (Å²) in [6, 6.07) is 13.5. The highest BCUT2D eigenvalue weighted by atomic mass is 35.5. The van der Waals surface area contributed by atoms with E-state index in [4.69, 9.17) is 4.42 Å². The minimum atomic E-state index is 0. The van der Waals surface area contributed by atoms with Crippen LogP contribution in [0.1, 0.15) is 11.1 Å². The Labute approximate surface area is 174 Å². The number of nitrogens with zero attached hydrogens (tertiary/aromatic N) is 2. The summed E-state index contributed by atoms with van der Waals surface area (Å²) < 4.78 is 6.01. The van der Waals surface area contributed by atoms with Crippen LogP contribution in [0.3, 0.4) is 0 Å². The average Bonchev–Trinajstić information content (AvgIpc) is 3.41. The van der Waals surface area contributed by atoms with Gasteiger partial charge in [0.1, 0.15) is 28.8 Å². The average molecular weight is 419 g/mol. The largest absolute Gasteiger partial charge is 0.507 e. The van der Waals surface area contributed by atoms with E-state index in [0.717, 1.165) is 59.9 Å². The molecular weight excluding hydrogens is 399 g/mol. The van der Waals surface area contributed by atoms with Crippen molar-refractivity contribution in [3.8, 4) is 17.1 Å². The molecular formula is C20H20Cl2N4O2. The number of benzene rings is 2. The van der Waals surface area contributed by atoms with Gasteiger partial charge in [0.15, 0.2) is 0 Å². The molecule has 2 aliphatic heterocycles. The third-order valence-corrected chi connectivity index (χ3v) is 4.68. The highest BCUT2D eigenvalue weighted by Crippen LogP contribution is 2.34. The third-order valence-electron chi connectivity index (χ3n) is 4.68. The fourth-order valence-corrected chi connectivity index (χ4v) is 3.38. The van der Waals surface area contributed by atoms with E-state index in [-0.39, 0.29) is 30.6 Å². The lowest BCUT2D eigenvalue weighted by Gasteiger charge is -2.06. The Morgan fingerprint density at radius 3 is 2.07 bits per heavy atom. The van der Waals surface area contributed by atoms with Crippen LogP contribution in [0.15, 0.2) is 56.9 Å². The van der Waals surface area contributed by atoms with E-state index < -0.39 is 0 Å². The fraction of sp³-hybridized carbons (Fsp3) is 0.200. The molecule has 3 N–H and O–H groups in total. The molecule has 0 aliphatic carbocycles.